The van der Waals surface area contributed by atoms with Crippen molar-refractivity contribution in [2.24, 2.45) is 0 Å². The summed E-state index contributed by atoms with van der Waals surface area (Å²) >= 11 is 1.36. The van der Waals surface area contributed by atoms with Crippen molar-refractivity contribution >= 4 is 28.8 Å². The van der Waals surface area contributed by atoms with E-state index in [-0.39, 0.29) is 17.0 Å². The molecule has 0 radical (unpaired) electrons. The number of nitrogens with zero attached hydrogens (tertiary/aromatic N) is 3. The highest BCUT2D eigenvalue weighted by molar-refractivity contribution is 8.00. The monoisotopic (exact) mass is 421 g/mol. The molecule has 2 heterocycles. The molecular weight excluding hydrogens is 401 g/mol. The van der Waals surface area contributed by atoms with Crippen LogP contribution in [-0.4, -0.2) is 32.9 Å². The van der Waals surface area contributed by atoms with E-state index in [1.54, 1.807) is 6.07 Å². The molecule has 4 rings (SSSR count). The van der Waals surface area contributed by atoms with Gasteiger partial charge in [-0.05, 0) is 30.2 Å². The Balaban J connectivity index is 1.95. The molecule has 0 aliphatic carbocycles. The molecule has 0 saturated carbocycles. The van der Waals surface area contributed by atoms with E-state index in [0.717, 1.165) is 16.5 Å². The molecule has 0 bridgehead atoms. The first kappa shape index (κ1) is 20.1. The van der Waals surface area contributed by atoms with Gasteiger partial charge in [-0.3, -0.25) is 4.79 Å². The Hall–Kier alpha value is -3.19. The lowest BCUT2D eigenvalue weighted by atomic mass is 10.1. The van der Waals surface area contributed by atoms with Gasteiger partial charge in [0.2, 0.25) is 0 Å². The summed E-state index contributed by atoms with van der Waals surface area (Å²) in [6, 6.07) is 16.2. The molecule has 5 nitrogen and oxygen atoms in total. The van der Waals surface area contributed by atoms with Crippen LogP contribution in [-0.2, 0) is 9.53 Å². The van der Waals surface area contributed by atoms with Crippen LogP contribution < -0.4 is 0 Å². The molecule has 1 unspecified atom stereocenters. The third kappa shape index (κ3) is 3.80. The number of aromatic nitrogens is 3. The number of fused-ring (bicyclic) bond motifs is 1. The highest BCUT2D eigenvalue weighted by atomic mass is 32.2. The second kappa shape index (κ2) is 8.67. The van der Waals surface area contributed by atoms with Crippen molar-refractivity contribution in [1.82, 2.24) is 14.5 Å². The summed E-state index contributed by atoms with van der Waals surface area (Å²) < 4.78 is 20.7. The fraction of sp³-hybridized carbons (Fsp3) is 0.174. The number of methoxy groups -OCH3 is 1. The van der Waals surface area contributed by atoms with Crippen molar-refractivity contribution < 1.29 is 13.9 Å². The van der Waals surface area contributed by atoms with E-state index in [2.05, 4.69) is 9.97 Å². The molecule has 0 aliphatic heterocycles. The first-order chi connectivity index (χ1) is 14.6. The van der Waals surface area contributed by atoms with Gasteiger partial charge < -0.3 is 9.30 Å². The van der Waals surface area contributed by atoms with E-state index in [9.17, 15) is 9.18 Å². The van der Waals surface area contributed by atoms with Crippen LogP contribution in [0, 0.1) is 5.82 Å². The lowest BCUT2D eigenvalue weighted by Crippen LogP contribution is -2.17. The number of rotatable bonds is 6. The Morgan fingerprint density at radius 1 is 1.17 bits per heavy atom. The van der Waals surface area contributed by atoms with Gasteiger partial charge >= 0.3 is 5.97 Å². The molecule has 152 valence electrons. The van der Waals surface area contributed by atoms with Crippen molar-refractivity contribution in [3.05, 3.63) is 72.9 Å². The summed E-state index contributed by atoms with van der Waals surface area (Å²) in [5.74, 6) is -0.615. The van der Waals surface area contributed by atoms with Gasteiger partial charge in [-0.15, -0.1) is 0 Å². The quantitative estimate of drug-likeness (QED) is 0.241. The Morgan fingerprint density at radius 2 is 1.97 bits per heavy atom. The summed E-state index contributed by atoms with van der Waals surface area (Å²) in [5.41, 5.74) is 3.21. The van der Waals surface area contributed by atoms with E-state index >= 15 is 0 Å². The highest BCUT2D eigenvalue weighted by Gasteiger charge is 2.24. The predicted octanol–water partition coefficient (Wildman–Crippen LogP) is 5.27. The summed E-state index contributed by atoms with van der Waals surface area (Å²) in [5, 5.41) is 1.13. The van der Waals surface area contributed by atoms with Crippen LogP contribution in [0.15, 0.2) is 72.1 Å². The third-order valence-electron chi connectivity index (χ3n) is 4.81. The average Bonchev–Trinajstić information content (AvgIpc) is 3.18. The number of thioether (sulfide) groups is 1. The molecule has 30 heavy (non-hydrogen) atoms. The molecule has 1 atom stereocenters. The number of ether oxygens (including phenoxy) is 1. The summed E-state index contributed by atoms with van der Waals surface area (Å²) in [7, 11) is 1.39. The van der Waals surface area contributed by atoms with Crippen molar-refractivity contribution in [3.8, 4) is 16.8 Å². The zero-order chi connectivity index (χ0) is 21.1. The fourth-order valence-corrected chi connectivity index (χ4v) is 4.40. The average molecular weight is 421 g/mol. The van der Waals surface area contributed by atoms with Crippen LogP contribution in [0.3, 0.4) is 0 Å². The van der Waals surface area contributed by atoms with Gasteiger partial charge in [-0.25, -0.2) is 14.4 Å². The Kier molecular flexibility index (Phi) is 5.81. The molecule has 7 heteroatoms. The first-order valence-electron chi connectivity index (χ1n) is 9.54. The maximum Gasteiger partial charge on any atom is 0.319 e. The van der Waals surface area contributed by atoms with Gasteiger partial charge in [0.25, 0.3) is 0 Å². The number of esters is 1. The lowest BCUT2D eigenvalue weighted by molar-refractivity contribution is -0.140. The van der Waals surface area contributed by atoms with Crippen LogP contribution in [0.2, 0.25) is 0 Å². The number of halogens is 1. The van der Waals surface area contributed by atoms with Crippen LogP contribution in [0.25, 0.3) is 27.8 Å². The summed E-state index contributed by atoms with van der Waals surface area (Å²) in [6.45, 7) is 1.93. The molecule has 2 aromatic carbocycles. The standard InChI is InChI=1S/C23H20FN3O2S/c1-3-19(23(28)29-2)30-22-20-18(15-8-5-4-6-9-15)13-27(21(20)25-14-26-22)17-11-7-10-16(24)12-17/h4-14,19H,3H2,1-2H3. The third-order valence-corrected chi connectivity index (χ3v) is 6.15. The van der Waals surface area contributed by atoms with E-state index in [1.807, 2.05) is 54.1 Å². The predicted molar refractivity (Wildman–Crippen MR) is 116 cm³/mol. The smallest absolute Gasteiger partial charge is 0.319 e. The zero-order valence-corrected chi connectivity index (χ0v) is 17.4. The van der Waals surface area contributed by atoms with Crippen LogP contribution in [0.1, 0.15) is 13.3 Å². The number of carbonyl (C=O) groups excluding carboxylic acids is 1. The molecular formula is C23H20FN3O2S. The van der Waals surface area contributed by atoms with Crippen molar-refractivity contribution in [3.63, 3.8) is 0 Å². The second-order valence-electron chi connectivity index (χ2n) is 6.67. The minimum atomic E-state index is -0.380. The molecule has 4 aromatic rings. The SMILES string of the molecule is CCC(Sc1ncnc2c1c(-c1ccccc1)cn2-c1cccc(F)c1)C(=O)OC. The van der Waals surface area contributed by atoms with E-state index in [1.165, 1.54) is 37.3 Å². The van der Waals surface area contributed by atoms with Crippen molar-refractivity contribution in [1.29, 1.82) is 0 Å². The molecule has 0 aliphatic rings. The van der Waals surface area contributed by atoms with E-state index in [0.29, 0.717) is 22.8 Å². The number of carbonyl (C=O) groups is 1. The highest BCUT2D eigenvalue weighted by Crippen LogP contribution is 2.38. The minimum Gasteiger partial charge on any atom is -0.468 e. The molecule has 0 N–H and O–H groups in total. The fourth-order valence-electron chi connectivity index (χ4n) is 3.35. The van der Waals surface area contributed by atoms with E-state index < -0.39 is 0 Å². The lowest BCUT2D eigenvalue weighted by Gasteiger charge is -2.12. The summed E-state index contributed by atoms with van der Waals surface area (Å²) in [4.78, 5) is 21.1. The van der Waals surface area contributed by atoms with Gasteiger partial charge in [0.05, 0.1) is 12.5 Å². The Labute approximate surface area is 177 Å². The first-order valence-corrected chi connectivity index (χ1v) is 10.4. The van der Waals surface area contributed by atoms with Gasteiger partial charge in [0, 0.05) is 17.4 Å². The molecule has 2 aromatic heterocycles. The number of hydrogen-bond acceptors (Lipinski definition) is 5. The molecule has 0 spiro atoms. The normalized spacial score (nSPS) is 12.1. The van der Waals surface area contributed by atoms with Crippen molar-refractivity contribution in [2.45, 2.75) is 23.6 Å². The summed E-state index contributed by atoms with van der Waals surface area (Å²) in [6.07, 6.45) is 4.01. The van der Waals surface area contributed by atoms with Gasteiger partial charge in [0.15, 0.2) is 0 Å². The maximum absolute atomic E-state index is 13.9. The molecule has 0 fully saturated rings. The van der Waals surface area contributed by atoms with Gasteiger partial charge in [-0.2, -0.15) is 0 Å². The van der Waals surface area contributed by atoms with Gasteiger partial charge in [0.1, 0.15) is 28.1 Å². The topological polar surface area (TPSA) is 57.0 Å². The minimum absolute atomic E-state index is 0.292. The van der Waals surface area contributed by atoms with E-state index in [4.69, 9.17) is 4.74 Å². The van der Waals surface area contributed by atoms with Gasteiger partial charge in [-0.1, -0.05) is 55.1 Å². The molecule has 0 saturated heterocycles. The number of benzene rings is 2. The Bertz CT molecular complexity index is 1190. The van der Waals surface area contributed by atoms with Crippen LogP contribution in [0.5, 0.6) is 0 Å². The van der Waals surface area contributed by atoms with Crippen molar-refractivity contribution in [2.75, 3.05) is 7.11 Å². The largest absolute Gasteiger partial charge is 0.468 e. The van der Waals surface area contributed by atoms with Crippen LogP contribution >= 0.6 is 11.8 Å². The zero-order valence-electron chi connectivity index (χ0n) is 16.6. The van der Waals surface area contributed by atoms with Crippen LogP contribution in [0.4, 0.5) is 4.39 Å². The number of hydrogen-bond donors (Lipinski definition) is 0. The maximum atomic E-state index is 13.9. The molecule has 0 amide bonds. The Morgan fingerprint density at radius 3 is 2.67 bits per heavy atom. The second-order valence-corrected chi connectivity index (χ2v) is 7.87.